The van der Waals surface area contributed by atoms with Gasteiger partial charge in [0, 0.05) is 27.0 Å². The van der Waals surface area contributed by atoms with Gasteiger partial charge in [-0.05, 0) is 25.0 Å². The van der Waals surface area contributed by atoms with E-state index in [2.05, 4.69) is 22.0 Å². The van der Waals surface area contributed by atoms with Crippen LogP contribution in [0.4, 0.5) is 0 Å². The second kappa shape index (κ2) is 5.72. The first-order chi connectivity index (χ1) is 9.27. The van der Waals surface area contributed by atoms with E-state index >= 15 is 0 Å². The van der Waals surface area contributed by atoms with Crippen LogP contribution in [0.5, 0.6) is 5.75 Å². The fourth-order valence-electron chi connectivity index (χ4n) is 1.80. The van der Waals surface area contributed by atoms with Gasteiger partial charge in [-0.1, -0.05) is 27.5 Å². The SMILES string of the molecule is N#CCC1(COc2c(Cl)cc(Br)cc2S(=O)(=O)Cl)CC1. The summed E-state index contributed by atoms with van der Waals surface area (Å²) in [7, 11) is 1.42. The Kier molecular flexibility index (Phi) is 4.55. The summed E-state index contributed by atoms with van der Waals surface area (Å²) in [6.07, 6.45) is 2.15. The predicted octanol–water partition coefficient (Wildman–Crippen LogP) is 4.10. The van der Waals surface area contributed by atoms with Crippen LogP contribution >= 0.6 is 38.2 Å². The average Bonchev–Trinajstić information content (AvgIpc) is 3.06. The number of hydrogen-bond donors (Lipinski definition) is 0. The molecule has 0 unspecified atom stereocenters. The van der Waals surface area contributed by atoms with Crippen LogP contribution in [-0.4, -0.2) is 15.0 Å². The summed E-state index contributed by atoms with van der Waals surface area (Å²) in [5, 5.41) is 8.92. The second-order valence-corrected chi connectivity index (χ2v) is 8.63. The molecule has 4 nitrogen and oxygen atoms in total. The number of nitriles is 1. The maximum absolute atomic E-state index is 11.6. The molecule has 1 aromatic carbocycles. The van der Waals surface area contributed by atoms with Gasteiger partial charge in [0.1, 0.15) is 4.90 Å². The van der Waals surface area contributed by atoms with Crippen LogP contribution in [0.2, 0.25) is 5.02 Å². The molecule has 8 heteroatoms. The second-order valence-electron chi connectivity index (χ2n) is 4.78. The third-order valence-corrected chi connectivity index (χ3v) is 5.24. The fraction of sp³-hybridized carbons (Fsp3) is 0.417. The van der Waals surface area contributed by atoms with Gasteiger partial charge in [-0.2, -0.15) is 5.26 Å². The smallest absolute Gasteiger partial charge is 0.265 e. The first-order valence-electron chi connectivity index (χ1n) is 5.71. The Morgan fingerprint density at radius 1 is 1.45 bits per heavy atom. The van der Waals surface area contributed by atoms with Crippen molar-refractivity contribution in [1.82, 2.24) is 0 Å². The van der Waals surface area contributed by atoms with E-state index < -0.39 is 9.05 Å². The topological polar surface area (TPSA) is 67.2 Å². The standard InChI is InChI=1S/C12H10BrCl2NO3S/c13-8-5-9(14)11(10(6-8)20(15,17)18)19-7-12(1-2-12)3-4-16/h5-6H,1-3,7H2. The van der Waals surface area contributed by atoms with Gasteiger partial charge in [-0.3, -0.25) is 0 Å². The molecule has 2 rings (SSSR count). The van der Waals surface area contributed by atoms with Crippen LogP contribution in [0, 0.1) is 16.7 Å². The van der Waals surface area contributed by atoms with Crippen molar-refractivity contribution < 1.29 is 13.2 Å². The van der Waals surface area contributed by atoms with Gasteiger partial charge in [0.25, 0.3) is 9.05 Å². The Hall–Kier alpha value is -0.480. The van der Waals surface area contributed by atoms with E-state index in [1.165, 1.54) is 12.1 Å². The summed E-state index contributed by atoms with van der Waals surface area (Å²) in [5.74, 6) is 0.0362. The molecule has 0 aromatic heterocycles. The van der Waals surface area contributed by atoms with E-state index in [4.69, 9.17) is 32.3 Å². The van der Waals surface area contributed by atoms with Crippen LogP contribution in [0.3, 0.4) is 0 Å². The van der Waals surface area contributed by atoms with Crippen molar-refractivity contribution in [2.45, 2.75) is 24.2 Å². The zero-order valence-corrected chi connectivity index (χ0v) is 14.1. The molecular formula is C12H10BrCl2NO3S. The number of nitrogens with zero attached hydrogens (tertiary/aromatic N) is 1. The molecule has 1 aromatic rings. The van der Waals surface area contributed by atoms with E-state index in [-0.39, 0.29) is 27.7 Å². The van der Waals surface area contributed by atoms with Crippen LogP contribution < -0.4 is 4.74 Å². The van der Waals surface area contributed by atoms with Crippen molar-refractivity contribution in [3.8, 4) is 11.8 Å². The van der Waals surface area contributed by atoms with Crippen molar-refractivity contribution in [1.29, 1.82) is 5.26 Å². The van der Waals surface area contributed by atoms with Gasteiger partial charge >= 0.3 is 0 Å². The Morgan fingerprint density at radius 3 is 2.60 bits per heavy atom. The normalized spacial score (nSPS) is 16.5. The Morgan fingerprint density at radius 2 is 2.10 bits per heavy atom. The first kappa shape index (κ1) is 15.9. The van der Waals surface area contributed by atoms with Gasteiger partial charge in [-0.25, -0.2) is 8.42 Å². The van der Waals surface area contributed by atoms with E-state index in [1.807, 2.05) is 0 Å². The molecule has 1 fully saturated rings. The maximum atomic E-state index is 11.6. The highest BCUT2D eigenvalue weighted by Gasteiger charge is 2.43. The van der Waals surface area contributed by atoms with E-state index in [9.17, 15) is 8.42 Å². The summed E-state index contributed by atoms with van der Waals surface area (Å²) in [6.45, 7) is 0.251. The molecule has 108 valence electrons. The number of rotatable bonds is 5. The van der Waals surface area contributed by atoms with Crippen molar-refractivity contribution in [2.75, 3.05) is 6.61 Å². The van der Waals surface area contributed by atoms with Gasteiger partial charge in [0.15, 0.2) is 5.75 Å². The van der Waals surface area contributed by atoms with Gasteiger partial charge in [0.05, 0.1) is 17.7 Å². The molecule has 0 saturated heterocycles. The van der Waals surface area contributed by atoms with Crippen LogP contribution in [0.15, 0.2) is 21.5 Å². The lowest BCUT2D eigenvalue weighted by Gasteiger charge is -2.16. The van der Waals surface area contributed by atoms with Gasteiger partial charge in [-0.15, -0.1) is 0 Å². The monoisotopic (exact) mass is 397 g/mol. The minimum absolute atomic E-state index is 0.0362. The minimum Gasteiger partial charge on any atom is -0.490 e. The molecular weight excluding hydrogens is 389 g/mol. The first-order valence-corrected chi connectivity index (χ1v) is 9.19. The Labute approximate surface area is 135 Å². The van der Waals surface area contributed by atoms with Crippen molar-refractivity contribution in [2.24, 2.45) is 5.41 Å². The number of hydrogen-bond acceptors (Lipinski definition) is 4. The molecule has 0 atom stereocenters. The summed E-state index contributed by atoms with van der Waals surface area (Å²) >= 11 is 9.19. The lowest BCUT2D eigenvalue weighted by molar-refractivity contribution is 0.232. The minimum atomic E-state index is -3.97. The largest absolute Gasteiger partial charge is 0.490 e. The van der Waals surface area contributed by atoms with Crippen molar-refractivity contribution >= 4 is 47.3 Å². The van der Waals surface area contributed by atoms with E-state index in [0.29, 0.717) is 10.9 Å². The fourth-order valence-corrected chi connectivity index (χ4v) is 3.87. The lowest BCUT2D eigenvalue weighted by Crippen LogP contribution is -2.14. The summed E-state index contributed by atoms with van der Waals surface area (Å²) in [4.78, 5) is -0.175. The van der Waals surface area contributed by atoms with Crippen molar-refractivity contribution in [3.05, 3.63) is 21.6 Å². The van der Waals surface area contributed by atoms with Crippen LogP contribution in [-0.2, 0) is 9.05 Å². The van der Waals surface area contributed by atoms with Crippen LogP contribution in [0.25, 0.3) is 0 Å². The summed E-state index contributed by atoms with van der Waals surface area (Å²) < 4.78 is 29.2. The van der Waals surface area contributed by atoms with E-state index in [1.54, 1.807) is 0 Å². The van der Waals surface area contributed by atoms with Crippen LogP contribution in [0.1, 0.15) is 19.3 Å². The molecule has 1 aliphatic rings. The Balaban J connectivity index is 2.30. The molecule has 0 heterocycles. The molecule has 0 amide bonds. The summed E-state index contributed by atoms with van der Waals surface area (Å²) in [5.41, 5.74) is -0.182. The molecule has 0 bridgehead atoms. The predicted molar refractivity (Wildman–Crippen MR) is 79.6 cm³/mol. The zero-order valence-electron chi connectivity index (χ0n) is 10.2. The van der Waals surface area contributed by atoms with E-state index in [0.717, 1.165) is 12.8 Å². The highest BCUT2D eigenvalue weighted by atomic mass is 79.9. The molecule has 1 saturated carbocycles. The average molecular weight is 399 g/mol. The lowest BCUT2D eigenvalue weighted by atomic mass is 10.1. The highest BCUT2D eigenvalue weighted by molar-refractivity contribution is 9.10. The quantitative estimate of drug-likeness (QED) is 0.700. The molecule has 0 aliphatic heterocycles. The third-order valence-electron chi connectivity index (χ3n) is 3.17. The molecule has 20 heavy (non-hydrogen) atoms. The molecule has 1 aliphatic carbocycles. The number of halogens is 3. The molecule has 0 radical (unpaired) electrons. The zero-order chi connectivity index (χ0) is 15.0. The Bertz CT molecular complexity index is 681. The molecule has 0 spiro atoms. The van der Waals surface area contributed by atoms with Crippen molar-refractivity contribution in [3.63, 3.8) is 0 Å². The molecule has 0 N–H and O–H groups in total. The summed E-state index contributed by atoms with van der Waals surface area (Å²) in [6, 6.07) is 4.99. The van der Waals surface area contributed by atoms with Gasteiger partial charge in [0.2, 0.25) is 0 Å². The number of benzene rings is 1. The highest BCUT2D eigenvalue weighted by Crippen LogP contribution is 2.49. The number of ether oxygens (including phenoxy) is 1. The third kappa shape index (κ3) is 3.59. The maximum Gasteiger partial charge on any atom is 0.265 e. The van der Waals surface area contributed by atoms with Gasteiger partial charge < -0.3 is 4.74 Å².